The second-order valence-corrected chi connectivity index (χ2v) is 10.4. The zero-order valence-electron chi connectivity index (χ0n) is 14.1. The lowest BCUT2D eigenvalue weighted by molar-refractivity contribution is 0.102. The van der Waals surface area contributed by atoms with Crippen molar-refractivity contribution in [2.45, 2.75) is 28.9 Å². The van der Waals surface area contributed by atoms with Crippen LogP contribution in [-0.4, -0.2) is 34.2 Å². The molecule has 0 unspecified atom stereocenters. The Balaban J connectivity index is 2.16. The van der Waals surface area contributed by atoms with Crippen LogP contribution in [0.15, 0.2) is 58.3 Å². The van der Waals surface area contributed by atoms with Crippen molar-refractivity contribution in [2.75, 3.05) is 11.6 Å². The van der Waals surface area contributed by atoms with E-state index in [0.29, 0.717) is 11.3 Å². The topological polar surface area (TPSA) is 97.4 Å². The van der Waals surface area contributed by atoms with E-state index >= 15 is 0 Å². The lowest BCUT2D eigenvalue weighted by Crippen LogP contribution is -2.15. The highest BCUT2D eigenvalue weighted by Crippen LogP contribution is 2.18. The zero-order chi connectivity index (χ0) is 18.8. The molecule has 134 valence electrons. The van der Waals surface area contributed by atoms with Crippen LogP contribution >= 0.6 is 0 Å². The summed E-state index contributed by atoms with van der Waals surface area (Å²) in [5.74, 6) is -0.416. The normalized spacial score (nSPS) is 12.2. The van der Waals surface area contributed by atoms with Crippen LogP contribution in [0.25, 0.3) is 0 Å². The maximum Gasteiger partial charge on any atom is 0.255 e. The van der Waals surface area contributed by atoms with E-state index < -0.39 is 30.8 Å². The second-order valence-electron chi connectivity index (χ2n) is 5.87. The number of sulfone groups is 2. The van der Waals surface area contributed by atoms with Crippen LogP contribution in [-0.2, 0) is 19.7 Å². The molecule has 2 aromatic rings. The maximum absolute atomic E-state index is 12.2. The monoisotopic (exact) mass is 381 g/mol. The van der Waals surface area contributed by atoms with Crippen LogP contribution < -0.4 is 5.32 Å². The average Bonchev–Trinajstić information content (AvgIpc) is 2.54. The van der Waals surface area contributed by atoms with Gasteiger partial charge in [-0.3, -0.25) is 4.79 Å². The van der Waals surface area contributed by atoms with E-state index in [0.717, 1.165) is 6.26 Å². The number of amides is 1. The fraction of sp³-hybridized carbons (Fsp3) is 0.235. The number of hydrogen-bond donors (Lipinski definition) is 1. The van der Waals surface area contributed by atoms with Crippen molar-refractivity contribution >= 4 is 31.3 Å². The standard InChI is InChI=1S/C17H19NO5S2/c1-12(2)25(22,23)16-8-4-13(5-9-16)17(19)18-14-6-10-15(11-7-14)24(3,20)21/h4-12H,1-3H3,(H,18,19). The predicted octanol–water partition coefficient (Wildman–Crippen LogP) is 2.52. The SMILES string of the molecule is CC(C)S(=O)(=O)c1ccc(C(=O)Nc2ccc(S(C)(=O)=O)cc2)cc1. The minimum atomic E-state index is -3.39. The molecule has 25 heavy (non-hydrogen) atoms. The molecule has 0 aliphatic rings. The van der Waals surface area contributed by atoms with Gasteiger partial charge in [0.15, 0.2) is 19.7 Å². The summed E-state index contributed by atoms with van der Waals surface area (Å²) in [4.78, 5) is 12.5. The summed E-state index contributed by atoms with van der Waals surface area (Å²) in [6.45, 7) is 3.19. The minimum Gasteiger partial charge on any atom is -0.322 e. The number of benzene rings is 2. The van der Waals surface area contributed by atoms with Crippen molar-refractivity contribution in [2.24, 2.45) is 0 Å². The van der Waals surface area contributed by atoms with Gasteiger partial charge in [-0.05, 0) is 62.4 Å². The van der Waals surface area contributed by atoms with E-state index in [4.69, 9.17) is 0 Å². The van der Waals surface area contributed by atoms with E-state index in [1.807, 2.05) is 0 Å². The Hall–Kier alpha value is -2.19. The van der Waals surface area contributed by atoms with Crippen molar-refractivity contribution < 1.29 is 21.6 Å². The Morgan fingerprint density at radius 3 is 1.76 bits per heavy atom. The average molecular weight is 381 g/mol. The number of hydrogen-bond acceptors (Lipinski definition) is 5. The smallest absolute Gasteiger partial charge is 0.255 e. The molecule has 0 saturated heterocycles. The number of carbonyl (C=O) groups excluding carboxylic acids is 1. The van der Waals surface area contributed by atoms with E-state index in [1.54, 1.807) is 13.8 Å². The van der Waals surface area contributed by atoms with Crippen molar-refractivity contribution in [3.8, 4) is 0 Å². The van der Waals surface area contributed by atoms with Crippen molar-refractivity contribution in [1.29, 1.82) is 0 Å². The van der Waals surface area contributed by atoms with Crippen LogP contribution in [0, 0.1) is 0 Å². The van der Waals surface area contributed by atoms with Gasteiger partial charge in [0.05, 0.1) is 15.0 Å². The van der Waals surface area contributed by atoms with E-state index in [1.165, 1.54) is 48.5 Å². The molecule has 2 aromatic carbocycles. The van der Waals surface area contributed by atoms with Crippen LogP contribution in [0.3, 0.4) is 0 Å². The maximum atomic E-state index is 12.2. The lowest BCUT2D eigenvalue weighted by atomic mass is 10.2. The van der Waals surface area contributed by atoms with Gasteiger partial charge in [-0.25, -0.2) is 16.8 Å². The highest BCUT2D eigenvalue weighted by atomic mass is 32.2. The number of anilines is 1. The molecule has 1 N–H and O–H groups in total. The molecule has 0 radical (unpaired) electrons. The first-order chi connectivity index (χ1) is 11.5. The molecular formula is C17H19NO5S2. The van der Waals surface area contributed by atoms with Crippen molar-refractivity contribution in [3.05, 3.63) is 54.1 Å². The Bertz CT molecular complexity index is 974. The highest BCUT2D eigenvalue weighted by Gasteiger charge is 2.19. The third-order valence-corrected chi connectivity index (χ3v) is 6.90. The number of nitrogens with one attached hydrogen (secondary N) is 1. The molecule has 2 rings (SSSR count). The zero-order valence-corrected chi connectivity index (χ0v) is 15.7. The largest absolute Gasteiger partial charge is 0.322 e. The highest BCUT2D eigenvalue weighted by molar-refractivity contribution is 7.92. The molecule has 0 fully saturated rings. The summed E-state index contributed by atoms with van der Waals surface area (Å²) >= 11 is 0. The Labute approximate surface area is 147 Å². The molecular weight excluding hydrogens is 362 g/mol. The van der Waals surface area contributed by atoms with Gasteiger partial charge in [-0.15, -0.1) is 0 Å². The summed E-state index contributed by atoms with van der Waals surface area (Å²) in [7, 11) is -6.68. The van der Waals surface area contributed by atoms with E-state index in [-0.39, 0.29) is 9.79 Å². The van der Waals surface area contributed by atoms with Crippen LogP contribution in [0.2, 0.25) is 0 Å². The Morgan fingerprint density at radius 2 is 1.32 bits per heavy atom. The molecule has 8 heteroatoms. The molecule has 0 aromatic heterocycles. The summed E-state index contributed by atoms with van der Waals surface area (Å²) in [6, 6.07) is 11.5. The number of rotatable bonds is 5. The summed E-state index contributed by atoms with van der Waals surface area (Å²) in [6.07, 6.45) is 1.10. The van der Waals surface area contributed by atoms with Crippen molar-refractivity contribution in [3.63, 3.8) is 0 Å². The molecule has 1 amide bonds. The molecule has 0 bridgehead atoms. The van der Waals surface area contributed by atoms with Gasteiger partial charge in [-0.2, -0.15) is 0 Å². The van der Waals surface area contributed by atoms with Crippen LogP contribution in [0.1, 0.15) is 24.2 Å². The van der Waals surface area contributed by atoms with Gasteiger partial charge in [0.1, 0.15) is 0 Å². The van der Waals surface area contributed by atoms with Gasteiger partial charge in [-0.1, -0.05) is 0 Å². The van der Waals surface area contributed by atoms with Gasteiger partial charge in [0, 0.05) is 17.5 Å². The summed E-state index contributed by atoms with van der Waals surface area (Å²) < 4.78 is 47.0. The van der Waals surface area contributed by atoms with E-state index in [9.17, 15) is 21.6 Å². The lowest BCUT2D eigenvalue weighted by Gasteiger charge is -2.09. The van der Waals surface area contributed by atoms with Gasteiger partial charge < -0.3 is 5.32 Å². The van der Waals surface area contributed by atoms with Crippen molar-refractivity contribution in [1.82, 2.24) is 0 Å². The van der Waals surface area contributed by atoms with Crippen LogP contribution in [0.5, 0.6) is 0 Å². The number of carbonyl (C=O) groups is 1. The fourth-order valence-corrected chi connectivity index (χ4v) is 3.75. The molecule has 6 nitrogen and oxygen atoms in total. The molecule has 0 heterocycles. The first-order valence-electron chi connectivity index (χ1n) is 7.47. The quantitative estimate of drug-likeness (QED) is 0.858. The predicted molar refractivity (Wildman–Crippen MR) is 96.3 cm³/mol. The molecule has 0 atom stereocenters. The molecule has 0 aliphatic carbocycles. The summed E-state index contributed by atoms with van der Waals surface area (Å²) in [5.41, 5.74) is 0.742. The Morgan fingerprint density at radius 1 is 0.840 bits per heavy atom. The van der Waals surface area contributed by atoms with Gasteiger partial charge in [0.2, 0.25) is 0 Å². The van der Waals surface area contributed by atoms with E-state index in [2.05, 4.69) is 5.32 Å². The van der Waals surface area contributed by atoms with Crippen LogP contribution in [0.4, 0.5) is 5.69 Å². The molecule has 0 aliphatic heterocycles. The van der Waals surface area contributed by atoms with Gasteiger partial charge in [0.25, 0.3) is 5.91 Å². The Kier molecular flexibility index (Phi) is 5.34. The molecule has 0 saturated carbocycles. The second kappa shape index (κ2) is 6.97. The first kappa shape index (κ1) is 19.1. The van der Waals surface area contributed by atoms with Gasteiger partial charge >= 0.3 is 0 Å². The summed E-state index contributed by atoms with van der Waals surface area (Å²) in [5, 5.41) is 2.09. The molecule has 0 spiro atoms. The third-order valence-electron chi connectivity index (χ3n) is 3.61. The minimum absolute atomic E-state index is 0.161. The third kappa shape index (κ3) is 4.46. The fourth-order valence-electron chi connectivity index (χ4n) is 2.06. The first-order valence-corrected chi connectivity index (χ1v) is 10.9.